The van der Waals surface area contributed by atoms with Crippen LogP contribution in [-0.2, 0) is 13.6 Å². The van der Waals surface area contributed by atoms with Gasteiger partial charge in [0.25, 0.3) is 0 Å². The van der Waals surface area contributed by atoms with E-state index >= 15 is 0 Å². The molecule has 0 unspecified atom stereocenters. The lowest BCUT2D eigenvalue weighted by Crippen LogP contribution is -2.03. The Balaban J connectivity index is 2.14. The molecule has 0 radical (unpaired) electrons. The summed E-state index contributed by atoms with van der Waals surface area (Å²) in [5, 5.41) is 15.8. The summed E-state index contributed by atoms with van der Waals surface area (Å²) in [5.74, 6) is 0.669. The van der Waals surface area contributed by atoms with Crippen LogP contribution in [0.5, 0.6) is 0 Å². The molecule has 0 aromatic carbocycles. The van der Waals surface area contributed by atoms with Crippen LogP contribution in [0.15, 0.2) is 12.3 Å². The molecule has 0 bridgehead atoms. The zero-order valence-electron chi connectivity index (χ0n) is 6.92. The summed E-state index contributed by atoms with van der Waals surface area (Å²) in [6, 6.07) is 1.93. The summed E-state index contributed by atoms with van der Waals surface area (Å²) in [7, 11) is 1.74. The summed E-state index contributed by atoms with van der Waals surface area (Å²) in [6.45, 7) is 0.566. The van der Waals surface area contributed by atoms with Crippen molar-refractivity contribution in [1.29, 1.82) is 0 Å². The highest BCUT2D eigenvalue weighted by Crippen LogP contribution is 2.00. The van der Waals surface area contributed by atoms with E-state index in [2.05, 4.69) is 43.1 Å². The third-order valence-electron chi connectivity index (χ3n) is 1.46. The molecule has 0 atom stereocenters. The van der Waals surface area contributed by atoms with Gasteiger partial charge < -0.3 is 0 Å². The Labute approximate surface area is 88.1 Å². The molecule has 2 heterocycles. The lowest BCUT2D eigenvalue weighted by Gasteiger charge is -1.93. The van der Waals surface area contributed by atoms with Crippen LogP contribution in [0.4, 0.5) is 0 Å². The average Bonchev–Trinajstić information content (AvgIpc) is 2.62. The fraction of sp³-hybridized carbons (Fsp3) is 0.333. The van der Waals surface area contributed by atoms with Gasteiger partial charge in [-0.3, -0.25) is 4.68 Å². The van der Waals surface area contributed by atoms with Crippen molar-refractivity contribution in [1.82, 2.24) is 30.0 Å². The summed E-state index contributed by atoms with van der Waals surface area (Å²) in [4.78, 5) is 1.43. The van der Waals surface area contributed by atoms with Crippen molar-refractivity contribution in [3.8, 4) is 0 Å². The van der Waals surface area contributed by atoms with Crippen LogP contribution < -0.4 is 0 Å². The number of aromatic nitrogens is 6. The average molecular weight is 290 g/mol. The van der Waals surface area contributed by atoms with Crippen LogP contribution in [0, 0.1) is 3.70 Å². The molecule has 0 saturated heterocycles. The third kappa shape index (κ3) is 2.02. The maximum Gasteiger partial charge on any atom is 0.196 e. The minimum atomic E-state index is 0.566. The smallest absolute Gasteiger partial charge is 0.196 e. The predicted molar refractivity (Wildman–Crippen MR) is 52.8 cm³/mol. The van der Waals surface area contributed by atoms with Gasteiger partial charge in [0.15, 0.2) is 5.82 Å². The van der Waals surface area contributed by atoms with Gasteiger partial charge in [-0.25, -0.2) is 0 Å². The largest absolute Gasteiger partial charge is 0.264 e. The van der Waals surface area contributed by atoms with Gasteiger partial charge in [0.2, 0.25) is 0 Å². The van der Waals surface area contributed by atoms with Gasteiger partial charge in [-0.2, -0.15) is 9.90 Å². The second-order valence-electron chi connectivity index (χ2n) is 2.53. The third-order valence-corrected chi connectivity index (χ3v) is 2.04. The summed E-state index contributed by atoms with van der Waals surface area (Å²) < 4.78 is 2.74. The molecule has 0 fully saturated rings. The monoisotopic (exact) mass is 290 g/mol. The maximum absolute atomic E-state index is 4.20. The van der Waals surface area contributed by atoms with E-state index in [-0.39, 0.29) is 0 Å². The predicted octanol–water partition coefficient (Wildman–Crippen LogP) is 0.0595. The van der Waals surface area contributed by atoms with Gasteiger partial charge in [0.05, 0.1) is 7.05 Å². The molecule has 0 aliphatic carbocycles. The first kappa shape index (κ1) is 8.60. The van der Waals surface area contributed by atoms with Crippen LogP contribution in [0.2, 0.25) is 0 Å². The first-order valence-corrected chi connectivity index (χ1v) is 4.74. The molecule has 2 aromatic heterocycles. The fourth-order valence-electron chi connectivity index (χ4n) is 0.957. The summed E-state index contributed by atoms with van der Waals surface area (Å²) in [5.41, 5.74) is 0. The van der Waals surface area contributed by atoms with Crippen LogP contribution >= 0.6 is 22.6 Å². The SMILES string of the molecule is Cn1nnc(Cn2ccc(I)n2)n1. The highest BCUT2D eigenvalue weighted by molar-refractivity contribution is 14.1. The van der Waals surface area contributed by atoms with E-state index in [0.29, 0.717) is 12.4 Å². The number of rotatable bonds is 2. The van der Waals surface area contributed by atoms with Crippen LogP contribution in [0.3, 0.4) is 0 Å². The van der Waals surface area contributed by atoms with E-state index in [9.17, 15) is 0 Å². The fourth-order valence-corrected chi connectivity index (χ4v) is 1.39. The molecule has 0 spiro atoms. The molecule has 0 amide bonds. The Morgan fingerprint density at radius 1 is 1.46 bits per heavy atom. The van der Waals surface area contributed by atoms with E-state index in [1.807, 2.05) is 12.3 Å². The Hall–Kier alpha value is -0.990. The summed E-state index contributed by atoms with van der Waals surface area (Å²) >= 11 is 2.15. The zero-order chi connectivity index (χ0) is 9.26. The second kappa shape index (κ2) is 3.40. The molecule has 2 rings (SSSR count). The topological polar surface area (TPSA) is 61.4 Å². The van der Waals surface area contributed by atoms with E-state index in [0.717, 1.165) is 3.70 Å². The number of halogens is 1. The Morgan fingerprint density at radius 3 is 2.85 bits per heavy atom. The molecular formula is C6H7IN6. The standard InChI is InChI=1S/C6H7IN6/c1-12-10-6(8-11-12)4-13-3-2-5(7)9-13/h2-3H,4H2,1H3. The minimum absolute atomic E-state index is 0.566. The minimum Gasteiger partial charge on any atom is -0.264 e. The van der Waals surface area contributed by atoms with Crippen molar-refractivity contribution in [3.05, 3.63) is 21.8 Å². The molecule has 6 nitrogen and oxygen atoms in total. The molecule has 0 saturated carbocycles. The number of hydrogen-bond donors (Lipinski definition) is 0. The van der Waals surface area contributed by atoms with Crippen molar-refractivity contribution in [2.24, 2.45) is 7.05 Å². The van der Waals surface area contributed by atoms with Gasteiger partial charge in [0, 0.05) is 6.20 Å². The Morgan fingerprint density at radius 2 is 2.31 bits per heavy atom. The first-order chi connectivity index (χ1) is 6.24. The molecule has 68 valence electrons. The van der Waals surface area contributed by atoms with Gasteiger partial charge in [-0.1, -0.05) is 0 Å². The van der Waals surface area contributed by atoms with Crippen molar-refractivity contribution in [3.63, 3.8) is 0 Å². The normalized spacial score (nSPS) is 10.6. The van der Waals surface area contributed by atoms with E-state index in [4.69, 9.17) is 0 Å². The summed E-state index contributed by atoms with van der Waals surface area (Å²) in [6.07, 6.45) is 1.89. The van der Waals surface area contributed by atoms with E-state index < -0.39 is 0 Å². The van der Waals surface area contributed by atoms with Crippen LogP contribution in [-0.4, -0.2) is 30.0 Å². The molecule has 7 heteroatoms. The molecular weight excluding hydrogens is 283 g/mol. The van der Waals surface area contributed by atoms with E-state index in [1.54, 1.807) is 11.7 Å². The lowest BCUT2D eigenvalue weighted by atomic mass is 10.6. The van der Waals surface area contributed by atoms with Gasteiger partial charge in [-0.15, -0.1) is 10.2 Å². The van der Waals surface area contributed by atoms with Gasteiger partial charge in [0.1, 0.15) is 10.2 Å². The van der Waals surface area contributed by atoms with Crippen molar-refractivity contribution < 1.29 is 0 Å². The molecule has 0 aliphatic heterocycles. The number of aryl methyl sites for hydroxylation is 1. The van der Waals surface area contributed by atoms with Gasteiger partial charge >= 0.3 is 0 Å². The number of hydrogen-bond acceptors (Lipinski definition) is 4. The Kier molecular flexibility index (Phi) is 2.25. The van der Waals surface area contributed by atoms with Crippen LogP contribution in [0.1, 0.15) is 5.82 Å². The Bertz CT molecular complexity index is 366. The van der Waals surface area contributed by atoms with Crippen molar-refractivity contribution in [2.45, 2.75) is 6.54 Å². The van der Waals surface area contributed by atoms with E-state index in [1.165, 1.54) is 4.80 Å². The molecule has 2 aromatic rings. The highest BCUT2D eigenvalue weighted by atomic mass is 127. The lowest BCUT2D eigenvalue weighted by molar-refractivity contribution is 0.616. The zero-order valence-corrected chi connectivity index (χ0v) is 9.08. The second-order valence-corrected chi connectivity index (χ2v) is 3.64. The molecule has 13 heavy (non-hydrogen) atoms. The van der Waals surface area contributed by atoms with Crippen molar-refractivity contribution in [2.75, 3.05) is 0 Å². The molecule has 0 aliphatic rings. The van der Waals surface area contributed by atoms with Gasteiger partial charge in [-0.05, 0) is 33.9 Å². The highest BCUT2D eigenvalue weighted by Gasteiger charge is 2.02. The maximum atomic E-state index is 4.20. The quantitative estimate of drug-likeness (QED) is 0.734. The van der Waals surface area contributed by atoms with Crippen LogP contribution in [0.25, 0.3) is 0 Å². The number of tetrazole rings is 1. The number of nitrogens with zero attached hydrogens (tertiary/aromatic N) is 6. The first-order valence-electron chi connectivity index (χ1n) is 3.66. The van der Waals surface area contributed by atoms with Crippen molar-refractivity contribution >= 4 is 22.6 Å². The molecule has 0 N–H and O–H groups in total.